The zero-order valence-electron chi connectivity index (χ0n) is 15.9. The van der Waals surface area contributed by atoms with Gasteiger partial charge in [0.25, 0.3) is 5.78 Å². The highest BCUT2D eigenvalue weighted by Crippen LogP contribution is 2.44. The van der Waals surface area contributed by atoms with Crippen LogP contribution in [-0.2, 0) is 9.59 Å². The fourth-order valence-corrected chi connectivity index (χ4v) is 4.65. The number of hydrogen-bond acceptors (Lipinski definition) is 6. The summed E-state index contributed by atoms with van der Waals surface area (Å²) in [6.07, 6.45) is 2.97. The van der Waals surface area contributed by atoms with Gasteiger partial charge in [0.15, 0.2) is 5.13 Å². The van der Waals surface area contributed by atoms with Crippen molar-refractivity contribution in [1.29, 1.82) is 0 Å². The molecule has 0 aliphatic carbocycles. The molecule has 1 aliphatic heterocycles. The Bertz CT molecular complexity index is 1350. The SMILES string of the molecule is O=C1C(=O)N(c2nc3ccc(F)cc3s2)C(c2ccccc2)C1=C(O)c1cccnc1. The number of hydrogen-bond donors (Lipinski definition) is 1. The molecule has 0 spiro atoms. The van der Waals surface area contributed by atoms with Gasteiger partial charge >= 0.3 is 5.91 Å². The molecule has 3 heterocycles. The molecule has 1 N–H and O–H groups in total. The lowest BCUT2D eigenvalue weighted by molar-refractivity contribution is -0.132. The lowest BCUT2D eigenvalue weighted by Gasteiger charge is -2.22. The fourth-order valence-electron chi connectivity index (χ4n) is 3.63. The molecule has 1 amide bonds. The van der Waals surface area contributed by atoms with E-state index in [1.165, 1.54) is 29.3 Å². The van der Waals surface area contributed by atoms with Gasteiger partial charge in [-0.25, -0.2) is 9.37 Å². The summed E-state index contributed by atoms with van der Waals surface area (Å²) in [6, 6.07) is 15.4. The number of halogens is 1. The van der Waals surface area contributed by atoms with Crippen LogP contribution in [0.15, 0.2) is 78.6 Å². The number of aliphatic hydroxyl groups is 1. The summed E-state index contributed by atoms with van der Waals surface area (Å²) < 4.78 is 14.2. The maximum Gasteiger partial charge on any atom is 0.301 e. The summed E-state index contributed by atoms with van der Waals surface area (Å²) in [5.41, 5.74) is 1.43. The normalized spacial score (nSPS) is 18.1. The predicted octanol–water partition coefficient (Wildman–Crippen LogP) is 4.46. The second kappa shape index (κ2) is 7.41. The summed E-state index contributed by atoms with van der Waals surface area (Å²) in [6.45, 7) is 0. The van der Waals surface area contributed by atoms with Crippen LogP contribution in [0.5, 0.6) is 0 Å². The molecule has 1 aliphatic rings. The molecular formula is C23H14FN3O3S. The molecule has 0 radical (unpaired) electrons. The third kappa shape index (κ3) is 3.17. The van der Waals surface area contributed by atoms with E-state index in [0.29, 0.717) is 21.3 Å². The molecule has 2 aromatic carbocycles. The Balaban J connectivity index is 1.73. The second-order valence-electron chi connectivity index (χ2n) is 6.93. The number of amides is 1. The van der Waals surface area contributed by atoms with E-state index in [1.807, 2.05) is 6.07 Å². The molecule has 152 valence electrons. The Kier molecular flexibility index (Phi) is 4.56. The van der Waals surface area contributed by atoms with Crippen molar-refractivity contribution in [3.05, 3.63) is 95.6 Å². The number of rotatable bonds is 3. The Morgan fingerprint density at radius 1 is 1.06 bits per heavy atom. The zero-order valence-corrected chi connectivity index (χ0v) is 16.7. The van der Waals surface area contributed by atoms with E-state index in [4.69, 9.17) is 0 Å². The van der Waals surface area contributed by atoms with E-state index < -0.39 is 23.5 Å². The monoisotopic (exact) mass is 431 g/mol. The minimum atomic E-state index is -0.883. The first-order valence-electron chi connectivity index (χ1n) is 9.37. The van der Waals surface area contributed by atoms with Crippen LogP contribution in [0, 0.1) is 5.82 Å². The molecule has 1 unspecified atom stereocenters. The summed E-state index contributed by atoms with van der Waals surface area (Å²) in [7, 11) is 0. The number of aromatic nitrogens is 2. The van der Waals surface area contributed by atoms with Crippen molar-refractivity contribution in [1.82, 2.24) is 9.97 Å². The van der Waals surface area contributed by atoms with Gasteiger partial charge in [-0.2, -0.15) is 0 Å². The first-order chi connectivity index (χ1) is 15.0. The van der Waals surface area contributed by atoms with Gasteiger partial charge in [0.2, 0.25) is 0 Å². The molecule has 6 nitrogen and oxygen atoms in total. The van der Waals surface area contributed by atoms with E-state index in [2.05, 4.69) is 9.97 Å². The number of carbonyl (C=O) groups excluding carboxylic acids is 2. The molecule has 8 heteroatoms. The van der Waals surface area contributed by atoms with Crippen molar-refractivity contribution in [2.75, 3.05) is 4.90 Å². The Morgan fingerprint density at radius 2 is 1.87 bits per heavy atom. The number of Topliss-reactive ketones (excluding diaryl/α,β-unsaturated/α-hetero) is 1. The second-order valence-corrected chi connectivity index (χ2v) is 7.94. The number of benzene rings is 2. The Hall–Kier alpha value is -3.91. The van der Waals surface area contributed by atoms with Crippen molar-refractivity contribution in [2.45, 2.75) is 6.04 Å². The predicted molar refractivity (Wildman–Crippen MR) is 115 cm³/mol. The van der Waals surface area contributed by atoms with Crippen LogP contribution in [0.25, 0.3) is 16.0 Å². The maximum atomic E-state index is 13.7. The summed E-state index contributed by atoms with van der Waals surface area (Å²) in [5, 5.41) is 11.2. The summed E-state index contributed by atoms with van der Waals surface area (Å²) in [5.74, 6) is -2.35. The largest absolute Gasteiger partial charge is 0.507 e. The summed E-state index contributed by atoms with van der Waals surface area (Å²) in [4.78, 5) is 35.8. The van der Waals surface area contributed by atoms with Gasteiger partial charge in [0.1, 0.15) is 11.6 Å². The molecule has 4 aromatic rings. The maximum absolute atomic E-state index is 13.7. The van der Waals surface area contributed by atoms with Crippen LogP contribution < -0.4 is 4.90 Å². The standard InChI is InChI=1S/C23H14FN3O3S/c24-15-8-9-16-17(11-15)31-23(26-16)27-19(13-5-2-1-3-6-13)18(21(29)22(27)30)20(28)14-7-4-10-25-12-14/h1-12,19,28H. The lowest BCUT2D eigenvalue weighted by atomic mass is 9.96. The average Bonchev–Trinajstić information content (AvgIpc) is 3.32. The first-order valence-corrected chi connectivity index (χ1v) is 10.2. The van der Waals surface area contributed by atoms with Gasteiger partial charge in [-0.1, -0.05) is 41.7 Å². The topological polar surface area (TPSA) is 83.4 Å². The number of carbonyl (C=O) groups is 2. The Labute approximate surface area is 179 Å². The first kappa shape index (κ1) is 19.1. The summed E-state index contributed by atoms with van der Waals surface area (Å²) >= 11 is 1.11. The van der Waals surface area contributed by atoms with Crippen molar-refractivity contribution >= 4 is 44.1 Å². The molecule has 5 rings (SSSR count). The molecule has 2 aromatic heterocycles. The molecule has 1 atom stereocenters. The van der Waals surface area contributed by atoms with Gasteiger partial charge in [-0.15, -0.1) is 0 Å². The van der Waals surface area contributed by atoms with Crippen molar-refractivity contribution in [3.8, 4) is 0 Å². The van der Waals surface area contributed by atoms with E-state index in [9.17, 15) is 19.1 Å². The highest BCUT2D eigenvalue weighted by atomic mass is 32.1. The van der Waals surface area contributed by atoms with Crippen LogP contribution in [0.2, 0.25) is 0 Å². The van der Waals surface area contributed by atoms with Gasteiger partial charge in [0.05, 0.1) is 21.8 Å². The number of thiazole rings is 1. The van der Waals surface area contributed by atoms with Gasteiger partial charge in [0, 0.05) is 18.0 Å². The van der Waals surface area contributed by atoms with E-state index in [1.54, 1.807) is 42.6 Å². The smallest absolute Gasteiger partial charge is 0.301 e. The van der Waals surface area contributed by atoms with Crippen LogP contribution in [0.1, 0.15) is 17.2 Å². The number of fused-ring (bicyclic) bond motifs is 1. The van der Waals surface area contributed by atoms with Crippen LogP contribution >= 0.6 is 11.3 Å². The number of pyridine rings is 1. The number of anilines is 1. The zero-order chi connectivity index (χ0) is 21.5. The molecule has 31 heavy (non-hydrogen) atoms. The molecule has 1 saturated heterocycles. The molecular weight excluding hydrogens is 417 g/mol. The van der Waals surface area contributed by atoms with E-state index in [-0.39, 0.29) is 16.5 Å². The minimum absolute atomic E-state index is 0.0466. The van der Waals surface area contributed by atoms with Crippen molar-refractivity contribution < 1.29 is 19.1 Å². The van der Waals surface area contributed by atoms with E-state index >= 15 is 0 Å². The highest BCUT2D eigenvalue weighted by molar-refractivity contribution is 7.22. The fraction of sp³-hybridized carbons (Fsp3) is 0.0435. The van der Waals surface area contributed by atoms with Crippen LogP contribution in [-0.4, -0.2) is 26.8 Å². The number of aliphatic hydroxyl groups excluding tert-OH is 1. The minimum Gasteiger partial charge on any atom is -0.507 e. The van der Waals surface area contributed by atoms with Crippen molar-refractivity contribution in [3.63, 3.8) is 0 Å². The van der Waals surface area contributed by atoms with E-state index in [0.717, 1.165) is 11.3 Å². The molecule has 0 saturated carbocycles. The van der Waals surface area contributed by atoms with Crippen molar-refractivity contribution in [2.24, 2.45) is 0 Å². The Morgan fingerprint density at radius 3 is 2.61 bits per heavy atom. The highest BCUT2D eigenvalue weighted by Gasteiger charge is 2.48. The van der Waals surface area contributed by atoms with Gasteiger partial charge in [-0.3, -0.25) is 19.5 Å². The third-order valence-electron chi connectivity index (χ3n) is 5.04. The van der Waals surface area contributed by atoms with Gasteiger partial charge in [-0.05, 0) is 35.9 Å². The van der Waals surface area contributed by atoms with Crippen LogP contribution in [0.3, 0.4) is 0 Å². The quantitative estimate of drug-likeness (QED) is 0.294. The molecule has 1 fully saturated rings. The average molecular weight is 431 g/mol. The van der Waals surface area contributed by atoms with Gasteiger partial charge < -0.3 is 5.11 Å². The third-order valence-corrected chi connectivity index (χ3v) is 6.06. The number of ketones is 1. The van der Waals surface area contributed by atoms with Crippen LogP contribution in [0.4, 0.5) is 9.52 Å². The number of nitrogens with zero attached hydrogens (tertiary/aromatic N) is 3. The molecule has 0 bridgehead atoms. The lowest BCUT2D eigenvalue weighted by Crippen LogP contribution is -2.29.